The van der Waals surface area contributed by atoms with Crippen molar-refractivity contribution in [3.63, 3.8) is 0 Å². The lowest BCUT2D eigenvalue weighted by atomic mass is 10.4. The largest absolute Gasteiger partial charge is 0.287 e. The van der Waals surface area contributed by atoms with Gasteiger partial charge in [0.15, 0.2) is 5.82 Å². The molecule has 2 heterocycles. The highest BCUT2D eigenvalue weighted by Crippen LogP contribution is 2.17. The summed E-state index contributed by atoms with van der Waals surface area (Å²) in [5, 5.41) is 14.3. The average molecular weight is 242 g/mol. The number of halogens is 1. The van der Waals surface area contributed by atoms with Crippen LogP contribution < -0.4 is 5.06 Å². The number of hydroxylamine groups is 1. The molecule has 0 amide bonds. The van der Waals surface area contributed by atoms with Gasteiger partial charge >= 0.3 is 0 Å². The number of rotatable bonds is 1. The van der Waals surface area contributed by atoms with Crippen LogP contribution in [-0.2, 0) is 0 Å². The first-order chi connectivity index (χ1) is 6.16. The fraction of sp³-hybridized carbons (Fsp3) is 0.125. The first-order valence-electron chi connectivity index (χ1n) is 3.74. The Morgan fingerprint density at radius 2 is 2.31 bits per heavy atom. The van der Waals surface area contributed by atoms with Gasteiger partial charge in [-0.2, -0.15) is 0 Å². The standard InChI is InChI=1S/C8H8BrN3O/c1-11(13)8-5-7-4-6(9)2-3-12(7)10-8/h2-5,13H,1H3. The number of aromatic nitrogens is 2. The van der Waals surface area contributed by atoms with Crippen molar-refractivity contribution in [2.75, 3.05) is 12.1 Å². The first kappa shape index (κ1) is 8.52. The van der Waals surface area contributed by atoms with E-state index in [-0.39, 0.29) is 0 Å². The van der Waals surface area contributed by atoms with E-state index in [0.717, 1.165) is 15.1 Å². The Labute approximate surface area is 83.5 Å². The lowest BCUT2D eigenvalue weighted by Crippen LogP contribution is -2.10. The van der Waals surface area contributed by atoms with E-state index < -0.39 is 0 Å². The van der Waals surface area contributed by atoms with Crippen LogP contribution in [0.2, 0.25) is 0 Å². The molecule has 5 heteroatoms. The monoisotopic (exact) mass is 241 g/mol. The molecule has 0 aliphatic heterocycles. The third-order valence-corrected chi connectivity index (χ3v) is 2.24. The number of fused-ring (bicyclic) bond motifs is 1. The van der Waals surface area contributed by atoms with Crippen LogP contribution in [-0.4, -0.2) is 21.9 Å². The van der Waals surface area contributed by atoms with E-state index in [4.69, 9.17) is 5.21 Å². The van der Waals surface area contributed by atoms with Crippen LogP contribution in [0.4, 0.5) is 5.82 Å². The second kappa shape index (κ2) is 3.01. The van der Waals surface area contributed by atoms with E-state index in [1.165, 1.54) is 7.05 Å². The van der Waals surface area contributed by atoms with Gasteiger partial charge in [-0.25, -0.2) is 9.58 Å². The van der Waals surface area contributed by atoms with Crippen LogP contribution >= 0.6 is 15.9 Å². The Kier molecular flexibility index (Phi) is 1.97. The number of anilines is 1. The zero-order chi connectivity index (χ0) is 9.42. The lowest BCUT2D eigenvalue weighted by molar-refractivity contribution is 0.276. The lowest BCUT2D eigenvalue weighted by Gasteiger charge is -2.02. The molecule has 4 nitrogen and oxygen atoms in total. The minimum absolute atomic E-state index is 0.526. The Morgan fingerprint density at radius 1 is 1.54 bits per heavy atom. The van der Waals surface area contributed by atoms with Crippen molar-refractivity contribution in [2.24, 2.45) is 0 Å². The van der Waals surface area contributed by atoms with E-state index in [0.29, 0.717) is 5.82 Å². The highest BCUT2D eigenvalue weighted by molar-refractivity contribution is 9.10. The van der Waals surface area contributed by atoms with E-state index in [1.54, 1.807) is 10.6 Å². The van der Waals surface area contributed by atoms with Crippen molar-refractivity contribution < 1.29 is 5.21 Å². The number of hydrogen-bond donors (Lipinski definition) is 1. The second-order valence-corrected chi connectivity index (χ2v) is 3.66. The molecule has 0 bridgehead atoms. The molecule has 0 spiro atoms. The molecule has 2 rings (SSSR count). The minimum Gasteiger partial charge on any atom is -0.287 e. The summed E-state index contributed by atoms with van der Waals surface area (Å²) < 4.78 is 2.69. The summed E-state index contributed by atoms with van der Waals surface area (Å²) in [5.74, 6) is 0.526. The molecule has 0 aliphatic rings. The third kappa shape index (κ3) is 1.52. The van der Waals surface area contributed by atoms with Crippen LogP contribution in [0, 0.1) is 0 Å². The molecule has 2 aromatic rings. The van der Waals surface area contributed by atoms with Crippen LogP contribution in [0.1, 0.15) is 0 Å². The Balaban J connectivity index is 2.62. The van der Waals surface area contributed by atoms with Gasteiger partial charge in [0.05, 0.1) is 5.52 Å². The van der Waals surface area contributed by atoms with Crippen molar-refractivity contribution >= 4 is 27.3 Å². The van der Waals surface area contributed by atoms with Crippen molar-refractivity contribution in [1.29, 1.82) is 0 Å². The van der Waals surface area contributed by atoms with Gasteiger partial charge in [0, 0.05) is 23.8 Å². The molecule has 0 aliphatic carbocycles. The molecule has 0 saturated carbocycles. The molecular weight excluding hydrogens is 234 g/mol. The second-order valence-electron chi connectivity index (χ2n) is 2.74. The quantitative estimate of drug-likeness (QED) is 0.776. The summed E-state index contributed by atoms with van der Waals surface area (Å²) in [5.41, 5.74) is 0.935. The summed E-state index contributed by atoms with van der Waals surface area (Å²) in [4.78, 5) is 0. The molecule has 1 N–H and O–H groups in total. The summed E-state index contributed by atoms with van der Waals surface area (Å²) in [6.45, 7) is 0. The normalized spacial score (nSPS) is 10.7. The van der Waals surface area contributed by atoms with Crippen molar-refractivity contribution in [3.05, 3.63) is 28.9 Å². The predicted molar refractivity (Wildman–Crippen MR) is 53.1 cm³/mol. The van der Waals surface area contributed by atoms with Crippen LogP contribution in [0.15, 0.2) is 28.9 Å². The molecule has 68 valence electrons. The molecule has 2 aromatic heterocycles. The summed E-state index contributed by atoms with van der Waals surface area (Å²) in [6, 6.07) is 5.62. The number of nitrogens with zero attached hydrogens (tertiary/aromatic N) is 3. The molecular formula is C8H8BrN3O. The van der Waals surface area contributed by atoms with Crippen molar-refractivity contribution in [2.45, 2.75) is 0 Å². The molecule has 13 heavy (non-hydrogen) atoms. The topological polar surface area (TPSA) is 40.8 Å². The summed E-state index contributed by atoms with van der Waals surface area (Å²) in [7, 11) is 1.54. The Hall–Kier alpha value is -1.07. The van der Waals surface area contributed by atoms with Gasteiger partial charge in [-0.3, -0.25) is 5.21 Å². The maximum absolute atomic E-state index is 9.14. The third-order valence-electron chi connectivity index (χ3n) is 1.74. The minimum atomic E-state index is 0.526. The molecule has 0 saturated heterocycles. The Bertz CT molecular complexity index is 438. The Morgan fingerprint density at radius 3 is 3.00 bits per heavy atom. The molecule has 0 aromatic carbocycles. The van der Waals surface area contributed by atoms with Gasteiger partial charge in [0.2, 0.25) is 0 Å². The van der Waals surface area contributed by atoms with Crippen LogP contribution in [0.3, 0.4) is 0 Å². The zero-order valence-corrected chi connectivity index (χ0v) is 8.56. The van der Waals surface area contributed by atoms with Gasteiger partial charge in [0.25, 0.3) is 0 Å². The van der Waals surface area contributed by atoms with E-state index in [9.17, 15) is 0 Å². The highest BCUT2D eigenvalue weighted by Gasteiger charge is 2.03. The van der Waals surface area contributed by atoms with Gasteiger partial charge < -0.3 is 0 Å². The van der Waals surface area contributed by atoms with Gasteiger partial charge in [-0.1, -0.05) is 15.9 Å². The van der Waals surface area contributed by atoms with E-state index in [2.05, 4.69) is 21.0 Å². The smallest absolute Gasteiger partial charge is 0.174 e. The molecule has 0 atom stereocenters. The fourth-order valence-electron chi connectivity index (χ4n) is 1.11. The van der Waals surface area contributed by atoms with Crippen LogP contribution in [0.25, 0.3) is 5.52 Å². The van der Waals surface area contributed by atoms with Gasteiger partial charge in [0.1, 0.15) is 0 Å². The fourth-order valence-corrected chi connectivity index (χ4v) is 1.46. The number of pyridine rings is 1. The highest BCUT2D eigenvalue weighted by atomic mass is 79.9. The van der Waals surface area contributed by atoms with Gasteiger partial charge in [-0.15, -0.1) is 5.10 Å². The summed E-state index contributed by atoms with van der Waals surface area (Å²) >= 11 is 3.36. The van der Waals surface area contributed by atoms with Crippen molar-refractivity contribution in [3.8, 4) is 0 Å². The summed E-state index contributed by atoms with van der Waals surface area (Å²) in [6.07, 6.45) is 1.83. The molecule has 0 fully saturated rings. The average Bonchev–Trinajstić information content (AvgIpc) is 2.46. The van der Waals surface area contributed by atoms with E-state index >= 15 is 0 Å². The van der Waals surface area contributed by atoms with Crippen LogP contribution in [0.5, 0.6) is 0 Å². The maximum Gasteiger partial charge on any atom is 0.174 e. The van der Waals surface area contributed by atoms with E-state index in [1.807, 2.05) is 18.3 Å². The SMILES string of the molecule is CN(O)c1cc2cc(Br)ccn2n1. The molecule has 0 unspecified atom stereocenters. The first-order valence-corrected chi connectivity index (χ1v) is 4.53. The molecule has 0 radical (unpaired) electrons. The zero-order valence-electron chi connectivity index (χ0n) is 6.98. The number of hydrogen-bond acceptors (Lipinski definition) is 3. The maximum atomic E-state index is 9.14. The van der Waals surface area contributed by atoms with Gasteiger partial charge in [-0.05, 0) is 12.1 Å². The predicted octanol–water partition coefficient (Wildman–Crippen LogP) is 1.92. The van der Waals surface area contributed by atoms with Crippen molar-refractivity contribution in [1.82, 2.24) is 9.61 Å².